The van der Waals surface area contributed by atoms with Crippen molar-refractivity contribution in [2.75, 3.05) is 91.4 Å². The standard InChI is InChI=1S/C17H23BO7.C12H13BrO5.C10H10Br2O3.C10H11BrO3.2C9H9BrO3.C9H10O3.CH4/c1-11(19)23-8-12-6-7-13(16(20)22-5)15(21-4)14(12)18-24-9-17(2,3)10-25-18;1-7(14)18-6-8-4-5-9(12(15)17-3)11(16-2)10(8)13;1-14-9-7(10(13)15-2)4-3-6(5-11)8(9)12;1-6-4-5-7(10(12)14-3)9(13-2)8(6)11;1-5-3-8(11)6(4-7(5)10)9(12)13-2;1-5-3-4-6(9(12)13-2)8(11)7(5)10;1-6-3-4-7(8(10)5-6)9(11)12-2;/h6-7H,8-10H2,1-5H3;4-5H,6H2,1-3H3;3-4H,5H2,1-2H3;4-5H,1-3H3;2*3-4,11H,1-2H3;3-5,10H,1-2H3;1H4. The number of aryl methyl sites for hydroxylation is 4. The first-order valence-corrected chi connectivity index (χ1v) is 37.1. The number of aromatic hydroxyl groups is 3. The SMILES string of the molecule is C.COC(=O)c1cc(Br)c(C)cc1O.COC(=O)c1ccc(C)c(Br)c1O.COC(=O)c1ccc(C)c(Br)c1OC.COC(=O)c1ccc(C)cc1O.COC(=O)c1ccc(CBr)c(Br)c1OC.COC(=O)c1ccc(COC(C)=O)c(B2OCC(C)(C)CO2)c1OC.COC(=O)c1ccc(COC(C)=O)c(Br)c1OC. The molecule has 0 unspecified atom stereocenters. The number of halogens is 6. The number of esters is 9. The molecule has 1 saturated heterocycles. The fourth-order valence-electron chi connectivity index (χ4n) is 9.01. The lowest BCUT2D eigenvalue weighted by Crippen LogP contribution is -2.49. The summed E-state index contributed by atoms with van der Waals surface area (Å²) in [5.74, 6) is -2.75. The number of phenolic OH excluding ortho intramolecular Hbond substituents is 3. The molecule has 0 saturated carbocycles. The Balaban J connectivity index is 0.000000657. The number of rotatable bonds is 17. The van der Waals surface area contributed by atoms with E-state index in [0.29, 0.717) is 83.8 Å². The van der Waals surface area contributed by atoms with Crippen molar-refractivity contribution in [2.24, 2.45) is 5.41 Å². The van der Waals surface area contributed by atoms with Crippen molar-refractivity contribution >= 4 is 162 Å². The van der Waals surface area contributed by atoms with Crippen LogP contribution >= 0.6 is 95.6 Å². The summed E-state index contributed by atoms with van der Waals surface area (Å²) in [5.41, 5.74) is 8.35. The second-order valence-electron chi connectivity index (χ2n) is 23.2. The number of hydrogen-bond donors (Lipinski definition) is 3. The zero-order valence-electron chi connectivity index (χ0n) is 63.7. The van der Waals surface area contributed by atoms with E-state index < -0.39 is 54.9 Å². The first-order valence-electron chi connectivity index (χ1n) is 32.0. The first-order chi connectivity index (χ1) is 51.8. The Kier molecular flexibility index (Phi) is 44.8. The van der Waals surface area contributed by atoms with Crippen LogP contribution in [-0.4, -0.2) is 168 Å². The van der Waals surface area contributed by atoms with Crippen molar-refractivity contribution in [2.45, 2.75) is 81.4 Å². The van der Waals surface area contributed by atoms with Crippen molar-refractivity contribution in [3.05, 3.63) is 191 Å². The molecule has 0 amide bonds. The van der Waals surface area contributed by atoms with Gasteiger partial charge in [0.25, 0.3) is 0 Å². The lowest BCUT2D eigenvalue weighted by Gasteiger charge is -2.34. The Labute approximate surface area is 695 Å². The highest BCUT2D eigenvalue weighted by atomic mass is 79.9. The third-order valence-corrected chi connectivity index (χ3v) is 20.0. The predicted octanol–water partition coefficient (Wildman–Crippen LogP) is 15.9. The monoisotopic (exact) mass is 1930 g/mol. The van der Waals surface area contributed by atoms with Gasteiger partial charge in [0.2, 0.25) is 0 Å². The van der Waals surface area contributed by atoms with E-state index in [1.165, 1.54) is 122 Å². The summed E-state index contributed by atoms with van der Waals surface area (Å²) in [5, 5.41) is 28.9. The highest BCUT2D eigenvalue weighted by Gasteiger charge is 2.39. The van der Waals surface area contributed by atoms with E-state index in [1.54, 1.807) is 48.5 Å². The average molecular weight is 1940 g/mol. The zero-order valence-corrected chi connectivity index (χ0v) is 73.2. The minimum atomic E-state index is -0.724. The van der Waals surface area contributed by atoms with Crippen molar-refractivity contribution in [3.8, 4) is 40.2 Å². The van der Waals surface area contributed by atoms with Crippen LogP contribution in [0.25, 0.3) is 0 Å². The van der Waals surface area contributed by atoms with Crippen molar-refractivity contribution in [3.63, 3.8) is 0 Å². The van der Waals surface area contributed by atoms with E-state index >= 15 is 0 Å². The summed E-state index contributed by atoms with van der Waals surface area (Å²) in [6.07, 6.45) is 0. The molecule has 8 rings (SSSR count). The highest BCUT2D eigenvalue weighted by molar-refractivity contribution is 9.11. The molecule has 1 fully saturated rings. The lowest BCUT2D eigenvalue weighted by atomic mass is 9.72. The van der Waals surface area contributed by atoms with Gasteiger partial charge in [-0.05, 0) is 179 Å². The first kappa shape index (κ1) is 100. The van der Waals surface area contributed by atoms with Gasteiger partial charge in [0.05, 0.1) is 96.1 Å². The van der Waals surface area contributed by atoms with Gasteiger partial charge in [0.1, 0.15) is 92.4 Å². The summed E-state index contributed by atoms with van der Waals surface area (Å²) >= 11 is 19.8. The molecule has 7 aromatic rings. The molecule has 0 aliphatic carbocycles. The number of hydrogen-bond acceptors (Lipinski definition) is 27. The fraction of sp³-hybridized carbons (Fsp3) is 0.338. The fourth-order valence-corrected chi connectivity index (χ4v) is 12.3. The van der Waals surface area contributed by atoms with E-state index in [-0.39, 0.29) is 71.5 Å². The number of alkyl halides is 1. The second kappa shape index (κ2) is 49.6. The Bertz CT molecular complexity index is 4370. The lowest BCUT2D eigenvalue weighted by molar-refractivity contribution is -0.143. The van der Waals surface area contributed by atoms with Gasteiger partial charge in [-0.3, -0.25) is 9.59 Å². The Hall–Kier alpha value is -8.77. The van der Waals surface area contributed by atoms with Gasteiger partial charge in [-0.25, -0.2) is 33.6 Å². The third-order valence-electron chi connectivity index (χ3n) is 14.8. The maximum atomic E-state index is 12.0. The van der Waals surface area contributed by atoms with Crippen molar-refractivity contribution in [1.29, 1.82) is 0 Å². The van der Waals surface area contributed by atoms with Gasteiger partial charge >= 0.3 is 60.8 Å². The number of phenols is 3. The Morgan fingerprint density at radius 1 is 0.405 bits per heavy atom. The predicted molar refractivity (Wildman–Crippen MR) is 434 cm³/mol. The summed E-state index contributed by atoms with van der Waals surface area (Å²) in [6, 6.07) is 24.6. The van der Waals surface area contributed by atoms with Crippen LogP contribution in [-0.2, 0) is 80.1 Å². The van der Waals surface area contributed by atoms with E-state index in [9.17, 15) is 58.5 Å². The molecule has 7 aromatic carbocycles. The number of methoxy groups -OCH3 is 11. The van der Waals surface area contributed by atoms with E-state index in [4.69, 9.17) is 42.5 Å². The van der Waals surface area contributed by atoms with Crippen LogP contribution in [0.2, 0.25) is 0 Å². The van der Waals surface area contributed by atoms with Gasteiger partial charge in [-0.2, -0.15) is 0 Å². The zero-order chi connectivity index (χ0) is 83.6. The molecule has 1 heterocycles. The largest absolute Gasteiger partial charge is 0.507 e. The number of carbonyl (C=O) groups excluding carboxylic acids is 9. The minimum absolute atomic E-state index is 0. The van der Waals surface area contributed by atoms with E-state index in [0.717, 1.165) is 41.2 Å². The Morgan fingerprint density at radius 3 is 1.15 bits per heavy atom. The molecule has 0 bridgehead atoms. The van der Waals surface area contributed by atoms with Crippen LogP contribution in [0.3, 0.4) is 0 Å². The van der Waals surface area contributed by atoms with Crippen LogP contribution in [0.1, 0.15) is 147 Å². The maximum Gasteiger partial charge on any atom is 0.498 e. The van der Waals surface area contributed by atoms with Crippen LogP contribution in [0.5, 0.6) is 40.2 Å². The summed E-state index contributed by atoms with van der Waals surface area (Å²) < 4.78 is 78.2. The second-order valence-corrected chi connectivity index (χ2v) is 27.8. The van der Waals surface area contributed by atoms with Gasteiger partial charge in [0, 0.05) is 53.3 Å². The van der Waals surface area contributed by atoms with Crippen LogP contribution in [0.4, 0.5) is 0 Å². The molecule has 0 aromatic heterocycles. The summed E-state index contributed by atoms with van der Waals surface area (Å²) in [7, 11) is 14.3. The molecule has 27 nitrogen and oxygen atoms in total. The minimum Gasteiger partial charge on any atom is -0.507 e. The van der Waals surface area contributed by atoms with Gasteiger partial charge in [0.15, 0.2) is 0 Å². The van der Waals surface area contributed by atoms with Crippen molar-refractivity contribution in [1.82, 2.24) is 0 Å². The molecule has 0 atom stereocenters. The highest BCUT2D eigenvalue weighted by Crippen LogP contribution is 2.37. The molecular weight excluding hydrogens is 1850 g/mol. The van der Waals surface area contributed by atoms with Gasteiger partial charge in [-0.15, -0.1) is 0 Å². The van der Waals surface area contributed by atoms with Gasteiger partial charge in [-0.1, -0.05) is 89.5 Å². The van der Waals surface area contributed by atoms with Crippen molar-refractivity contribution < 1.29 is 129 Å². The smallest absolute Gasteiger partial charge is 0.498 e. The quantitative estimate of drug-likeness (QED) is 0.0330. The van der Waals surface area contributed by atoms with Crippen LogP contribution in [0, 0.1) is 33.1 Å². The summed E-state index contributed by atoms with van der Waals surface area (Å²) in [4.78, 5) is 101. The molecular formula is C77H89BBr6O27. The maximum absolute atomic E-state index is 12.0. The molecule has 111 heavy (non-hydrogen) atoms. The Morgan fingerprint density at radius 2 is 0.739 bits per heavy atom. The number of carbonyl (C=O) groups is 9. The molecule has 3 N–H and O–H groups in total. The molecule has 34 heteroatoms. The third kappa shape index (κ3) is 29.7. The average Bonchev–Trinajstić information content (AvgIpc) is 0.777. The molecule has 1 aliphatic rings. The molecule has 1 aliphatic heterocycles. The molecule has 0 radical (unpaired) electrons. The molecule has 0 spiro atoms. The number of ether oxygens (including phenoxy) is 13. The topological polar surface area (TPSA) is 353 Å². The summed E-state index contributed by atoms with van der Waals surface area (Å²) in [6.45, 7) is 15.2. The number of benzene rings is 7. The van der Waals surface area contributed by atoms with E-state index in [2.05, 4.69) is 124 Å². The van der Waals surface area contributed by atoms with Gasteiger partial charge < -0.3 is 86.2 Å². The normalized spacial score (nSPS) is 11.1. The van der Waals surface area contributed by atoms with Crippen LogP contribution < -0.4 is 24.4 Å². The van der Waals surface area contributed by atoms with Crippen LogP contribution in [0.15, 0.2) is 113 Å². The van der Waals surface area contributed by atoms with E-state index in [1.807, 2.05) is 53.7 Å². The molecule has 604 valence electrons.